The minimum atomic E-state index is -0.962. The first-order chi connectivity index (χ1) is 8.49. The van der Waals surface area contributed by atoms with Crippen LogP contribution in [0.15, 0.2) is 22.7 Å². The van der Waals surface area contributed by atoms with Crippen molar-refractivity contribution in [2.45, 2.75) is 6.92 Å². The topological polar surface area (TPSA) is 66.8 Å². The molecule has 1 aromatic rings. The molecule has 1 aliphatic rings. The van der Waals surface area contributed by atoms with E-state index in [9.17, 15) is 9.59 Å². The number of aryl methyl sites for hydroxylation is 1. The van der Waals surface area contributed by atoms with Gasteiger partial charge in [-0.3, -0.25) is 9.69 Å². The summed E-state index contributed by atoms with van der Waals surface area (Å²) in [5.41, 5.74) is 1.67. The lowest BCUT2D eigenvalue weighted by molar-refractivity contribution is -0.143. The van der Waals surface area contributed by atoms with Gasteiger partial charge in [-0.25, -0.2) is 4.79 Å². The fourth-order valence-corrected chi connectivity index (χ4v) is 2.48. The number of carboxylic acids is 1. The van der Waals surface area contributed by atoms with Gasteiger partial charge in [-0.1, -0.05) is 6.07 Å². The number of hydrogen-bond acceptors (Lipinski definition) is 3. The first-order valence-electron chi connectivity index (χ1n) is 5.42. The molecule has 0 spiro atoms. The number of ether oxygens (including phenoxy) is 1. The first kappa shape index (κ1) is 12.9. The molecular formula is C12H12BrNO4. The smallest absolute Gasteiger partial charge is 0.414 e. The van der Waals surface area contributed by atoms with E-state index in [2.05, 4.69) is 15.9 Å². The lowest BCUT2D eigenvalue weighted by Gasteiger charge is -2.30. The van der Waals surface area contributed by atoms with Crippen LogP contribution in [0.3, 0.4) is 0 Å². The molecule has 0 aromatic heterocycles. The monoisotopic (exact) mass is 313 g/mol. The van der Waals surface area contributed by atoms with E-state index in [4.69, 9.17) is 9.84 Å². The summed E-state index contributed by atoms with van der Waals surface area (Å²) in [6, 6.07) is 5.50. The Labute approximate surface area is 112 Å². The van der Waals surface area contributed by atoms with Crippen LogP contribution >= 0.6 is 15.9 Å². The van der Waals surface area contributed by atoms with Crippen molar-refractivity contribution < 1.29 is 19.4 Å². The summed E-state index contributed by atoms with van der Waals surface area (Å²) in [6.07, 6.45) is -0.517. The van der Waals surface area contributed by atoms with Crippen LogP contribution in [0.1, 0.15) is 5.56 Å². The summed E-state index contributed by atoms with van der Waals surface area (Å²) in [7, 11) is 0. The molecule has 6 heteroatoms. The second kappa shape index (κ2) is 4.97. The molecule has 1 heterocycles. The number of carboxylic acid groups (broad SMARTS) is 1. The Morgan fingerprint density at radius 3 is 2.89 bits per heavy atom. The second-order valence-corrected chi connectivity index (χ2v) is 5.03. The molecule has 5 nitrogen and oxygen atoms in total. The van der Waals surface area contributed by atoms with Crippen molar-refractivity contribution in [3.05, 3.63) is 28.2 Å². The Morgan fingerprint density at radius 1 is 1.56 bits per heavy atom. The number of aliphatic carboxylic acids is 1. The second-order valence-electron chi connectivity index (χ2n) is 4.18. The number of rotatable bonds is 2. The standard InChI is InChI=1S/C12H12BrNO4/c1-7-2-3-10(9(13)4-7)14-5-8(11(15)16)6-18-12(14)17/h2-4,8H,5-6H2,1H3,(H,15,16). The number of anilines is 1. The fourth-order valence-electron chi connectivity index (χ4n) is 1.77. The quantitative estimate of drug-likeness (QED) is 0.910. The molecule has 1 N–H and O–H groups in total. The van der Waals surface area contributed by atoms with Crippen LogP contribution in [-0.2, 0) is 9.53 Å². The van der Waals surface area contributed by atoms with E-state index >= 15 is 0 Å². The third-order valence-corrected chi connectivity index (χ3v) is 3.41. The minimum Gasteiger partial charge on any atom is -0.481 e. The number of benzene rings is 1. The first-order valence-corrected chi connectivity index (χ1v) is 6.21. The van der Waals surface area contributed by atoms with Crippen molar-refractivity contribution in [2.75, 3.05) is 18.1 Å². The molecule has 18 heavy (non-hydrogen) atoms. The number of carbonyl (C=O) groups excluding carboxylic acids is 1. The van der Waals surface area contributed by atoms with Crippen LogP contribution in [-0.4, -0.2) is 30.3 Å². The third-order valence-electron chi connectivity index (χ3n) is 2.77. The van der Waals surface area contributed by atoms with Gasteiger partial charge >= 0.3 is 12.1 Å². The summed E-state index contributed by atoms with van der Waals surface area (Å²) in [4.78, 5) is 24.0. The largest absolute Gasteiger partial charge is 0.481 e. The zero-order valence-corrected chi connectivity index (χ0v) is 11.3. The Hall–Kier alpha value is -1.56. The van der Waals surface area contributed by atoms with Crippen LogP contribution in [0.2, 0.25) is 0 Å². The van der Waals surface area contributed by atoms with Gasteiger partial charge in [0.15, 0.2) is 0 Å². The zero-order chi connectivity index (χ0) is 13.3. The number of carbonyl (C=O) groups is 2. The van der Waals surface area contributed by atoms with Crippen molar-refractivity contribution in [1.29, 1.82) is 0 Å². The van der Waals surface area contributed by atoms with Crippen molar-refractivity contribution in [3.63, 3.8) is 0 Å². The van der Waals surface area contributed by atoms with Crippen LogP contribution < -0.4 is 4.90 Å². The van der Waals surface area contributed by atoms with Gasteiger partial charge in [0.1, 0.15) is 12.5 Å². The molecule has 1 saturated heterocycles. The maximum Gasteiger partial charge on any atom is 0.414 e. The summed E-state index contributed by atoms with van der Waals surface area (Å²) in [5.74, 6) is -1.66. The van der Waals surface area contributed by atoms with Crippen molar-refractivity contribution in [1.82, 2.24) is 0 Å². The summed E-state index contributed by atoms with van der Waals surface area (Å²) < 4.78 is 5.63. The average Bonchev–Trinajstić information content (AvgIpc) is 2.30. The molecule has 0 aliphatic carbocycles. The maximum atomic E-state index is 11.7. The average molecular weight is 314 g/mol. The summed E-state index contributed by atoms with van der Waals surface area (Å²) in [5, 5.41) is 8.97. The number of hydrogen-bond donors (Lipinski definition) is 1. The highest BCUT2D eigenvalue weighted by molar-refractivity contribution is 9.10. The van der Waals surface area contributed by atoms with E-state index in [0.717, 1.165) is 10.0 Å². The Kier molecular flexibility index (Phi) is 3.56. The highest BCUT2D eigenvalue weighted by atomic mass is 79.9. The number of nitrogens with zero attached hydrogens (tertiary/aromatic N) is 1. The van der Waals surface area contributed by atoms with Gasteiger partial charge < -0.3 is 9.84 Å². The molecule has 1 unspecified atom stereocenters. The lowest BCUT2D eigenvalue weighted by Crippen LogP contribution is -2.46. The summed E-state index contributed by atoms with van der Waals surface area (Å²) in [6.45, 7) is 1.98. The summed E-state index contributed by atoms with van der Waals surface area (Å²) >= 11 is 3.37. The van der Waals surface area contributed by atoms with E-state index in [1.165, 1.54) is 4.90 Å². The van der Waals surface area contributed by atoms with Gasteiger partial charge in [-0.05, 0) is 40.5 Å². The van der Waals surface area contributed by atoms with Gasteiger partial charge in [0.05, 0.1) is 5.69 Å². The van der Waals surface area contributed by atoms with Crippen molar-refractivity contribution in [2.24, 2.45) is 5.92 Å². The molecule has 0 saturated carbocycles. The van der Waals surface area contributed by atoms with Gasteiger partial charge in [0.2, 0.25) is 0 Å². The normalized spacial score (nSPS) is 19.6. The molecule has 0 radical (unpaired) electrons. The SMILES string of the molecule is Cc1ccc(N2CC(C(=O)O)COC2=O)c(Br)c1. The lowest BCUT2D eigenvalue weighted by atomic mass is 10.1. The van der Waals surface area contributed by atoms with Gasteiger partial charge in [0, 0.05) is 11.0 Å². The molecule has 1 atom stereocenters. The van der Waals surface area contributed by atoms with Crippen molar-refractivity contribution in [3.8, 4) is 0 Å². The predicted octanol–water partition coefficient (Wildman–Crippen LogP) is 2.41. The van der Waals surface area contributed by atoms with Crippen LogP contribution in [0.25, 0.3) is 0 Å². The van der Waals surface area contributed by atoms with E-state index in [1.54, 1.807) is 6.07 Å². The van der Waals surface area contributed by atoms with Crippen molar-refractivity contribution >= 4 is 33.7 Å². The predicted molar refractivity (Wildman–Crippen MR) is 68.7 cm³/mol. The highest BCUT2D eigenvalue weighted by Gasteiger charge is 2.33. The third kappa shape index (κ3) is 2.48. The Balaban J connectivity index is 2.29. The number of halogens is 1. The van der Waals surface area contributed by atoms with Crippen LogP contribution in [0.4, 0.5) is 10.5 Å². The molecule has 96 valence electrons. The molecule has 1 amide bonds. The van der Waals surface area contributed by atoms with Gasteiger partial charge in [-0.2, -0.15) is 0 Å². The fraction of sp³-hybridized carbons (Fsp3) is 0.333. The zero-order valence-electron chi connectivity index (χ0n) is 9.72. The Morgan fingerprint density at radius 2 is 2.28 bits per heavy atom. The molecular weight excluding hydrogens is 302 g/mol. The van der Waals surface area contributed by atoms with Crippen LogP contribution in [0.5, 0.6) is 0 Å². The molecule has 2 rings (SSSR count). The highest BCUT2D eigenvalue weighted by Crippen LogP contribution is 2.30. The van der Waals surface area contributed by atoms with Crippen LogP contribution in [0, 0.1) is 12.8 Å². The Bertz CT molecular complexity index is 503. The van der Waals surface area contributed by atoms with E-state index in [-0.39, 0.29) is 13.2 Å². The maximum absolute atomic E-state index is 11.7. The van der Waals surface area contributed by atoms with Gasteiger partial charge in [0.25, 0.3) is 0 Å². The van der Waals surface area contributed by atoms with Gasteiger partial charge in [-0.15, -0.1) is 0 Å². The minimum absolute atomic E-state index is 0.0753. The molecule has 1 aliphatic heterocycles. The van der Waals surface area contributed by atoms with E-state index in [0.29, 0.717) is 5.69 Å². The number of cyclic esters (lactones) is 1. The molecule has 1 fully saturated rings. The van der Waals surface area contributed by atoms with E-state index in [1.807, 2.05) is 19.1 Å². The molecule has 0 bridgehead atoms. The van der Waals surface area contributed by atoms with E-state index < -0.39 is 18.0 Å². The number of amides is 1. The molecule has 1 aromatic carbocycles.